The van der Waals surface area contributed by atoms with Gasteiger partial charge in [0, 0.05) is 24.5 Å². The first-order valence-electron chi connectivity index (χ1n) is 8.42. The van der Waals surface area contributed by atoms with Crippen LogP contribution in [-0.4, -0.2) is 34.4 Å². The van der Waals surface area contributed by atoms with Gasteiger partial charge in [-0.05, 0) is 42.0 Å². The summed E-state index contributed by atoms with van der Waals surface area (Å²) in [4.78, 5) is 13.5. The van der Waals surface area contributed by atoms with Crippen LogP contribution in [0, 0.1) is 5.82 Å². The highest BCUT2D eigenvalue weighted by atomic mass is 32.2. The van der Waals surface area contributed by atoms with Gasteiger partial charge in [-0.2, -0.15) is 0 Å². The summed E-state index contributed by atoms with van der Waals surface area (Å²) in [6, 6.07) is 13.7. The van der Waals surface area contributed by atoms with E-state index in [2.05, 4.69) is 14.8 Å². The maximum Gasteiger partial charge on any atom is 0.337 e. The Morgan fingerprint density at radius 3 is 2.56 bits per heavy atom. The number of methoxy groups -OCH3 is 1. The maximum absolute atomic E-state index is 13.1. The Morgan fingerprint density at radius 2 is 1.85 bits per heavy atom. The summed E-state index contributed by atoms with van der Waals surface area (Å²) in [5.41, 5.74) is 2.51. The fourth-order valence-electron chi connectivity index (χ4n) is 2.95. The molecule has 0 saturated heterocycles. The Bertz CT molecular complexity index is 957. The molecule has 0 saturated carbocycles. The van der Waals surface area contributed by atoms with Crippen LogP contribution < -0.4 is 4.90 Å². The number of fused-ring (bicyclic) bond motifs is 1. The highest BCUT2D eigenvalue weighted by molar-refractivity contribution is 7.98. The van der Waals surface area contributed by atoms with Crippen LogP contribution >= 0.6 is 11.8 Å². The number of nitrogens with zero attached hydrogens (tertiary/aromatic N) is 4. The molecule has 6 nitrogen and oxygen atoms in total. The molecule has 1 aliphatic heterocycles. The summed E-state index contributed by atoms with van der Waals surface area (Å²) in [6.07, 6.45) is 0. The van der Waals surface area contributed by atoms with Gasteiger partial charge in [0.1, 0.15) is 5.82 Å². The van der Waals surface area contributed by atoms with E-state index in [1.165, 1.54) is 19.2 Å². The van der Waals surface area contributed by atoms with Gasteiger partial charge in [0.15, 0.2) is 5.16 Å². The van der Waals surface area contributed by atoms with Crippen molar-refractivity contribution in [3.8, 4) is 0 Å². The van der Waals surface area contributed by atoms with Gasteiger partial charge in [0.25, 0.3) is 0 Å². The standard InChI is InChI=1S/C19H17FN4O2S/c1-26-17(25)14-4-2-13(3-5-14)12-27-19-22-21-18-23(10-11-24(18)19)16-8-6-15(20)7-9-16/h2-9H,10-12H2,1H3. The van der Waals surface area contributed by atoms with E-state index in [0.717, 1.165) is 41.2 Å². The van der Waals surface area contributed by atoms with E-state index in [1.807, 2.05) is 17.0 Å². The Labute approximate surface area is 160 Å². The molecule has 8 heteroatoms. The van der Waals surface area contributed by atoms with Crippen molar-refractivity contribution in [2.45, 2.75) is 17.5 Å². The molecular weight excluding hydrogens is 367 g/mol. The number of hydrogen-bond donors (Lipinski definition) is 0. The van der Waals surface area contributed by atoms with Crippen LogP contribution in [0.25, 0.3) is 0 Å². The summed E-state index contributed by atoms with van der Waals surface area (Å²) in [5.74, 6) is 0.889. The Hall–Kier alpha value is -2.87. The van der Waals surface area contributed by atoms with Crippen molar-refractivity contribution >= 4 is 29.4 Å². The zero-order chi connectivity index (χ0) is 18.8. The smallest absolute Gasteiger partial charge is 0.337 e. The van der Waals surface area contributed by atoms with Gasteiger partial charge in [0.05, 0.1) is 12.7 Å². The first-order chi connectivity index (χ1) is 13.2. The van der Waals surface area contributed by atoms with Crippen LogP contribution in [-0.2, 0) is 17.0 Å². The van der Waals surface area contributed by atoms with Crippen LogP contribution in [0.4, 0.5) is 16.0 Å². The number of anilines is 2. The van der Waals surface area contributed by atoms with Crippen LogP contribution in [0.3, 0.4) is 0 Å². The predicted octanol–water partition coefficient (Wildman–Crippen LogP) is 3.65. The van der Waals surface area contributed by atoms with Gasteiger partial charge in [-0.3, -0.25) is 4.57 Å². The van der Waals surface area contributed by atoms with Crippen molar-refractivity contribution in [3.63, 3.8) is 0 Å². The van der Waals surface area contributed by atoms with Crippen LogP contribution in [0.1, 0.15) is 15.9 Å². The molecule has 0 radical (unpaired) electrons. The number of hydrogen-bond acceptors (Lipinski definition) is 6. The zero-order valence-corrected chi connectivity index (χ0v) is 15.4. The molecule has 0 aliphatic carbocycles. The molecule has 27 heavy (non-hydrogen) atoms. The Morgan fingerprint density at radius 1 is 1.11 bits per heavy atom. The van der Waals surface area contributed by atoms with Crippen molar-refractivity contribution in [2.75, 3.05) is 18.6 Å². The minimum Gasteiger partial charge on any atom is -0.465 e. The third-order valence-corrected chi connectivity index (χ3v) is 5.41. The van der Waals surface area contributed by atoms with E-state index in [1.54, 1.807) is 36.0 Å². The van der Waals surface area contributed by atoms with Gasteiger partial charge in [-0.15, -0.1) is 10.2 Å². The molecule has 0 fully saturated rings. The Kier molecular flexibility index (Phi) is 4.81. The number of carbonyl (C=O) groups is 1. The van der Waals surface area contributed by atoms with Crippen molar-refractivity contribution in [1.82, 2.24) is 14.8 Å². The van der Waals surface area contributed by atoms with Crippen LogP contribution in [0.2, 0.25) is 0 Å². The highest BCUT2D eigenvalue weighted by Crippen LogP contribution is 2.33. The lowest BCUT2D eigenvalue weighted by molar-refractivity contribution is 0.0600. The zero-order valence-electron chi connectivity index (χ0n) is 14.6. The third kappa shape index (κ3) is 3.52. The fraction of sp³-hybridized carbons (Fsp3) is 0.211. The molecule has 138 valence electrons. The van der Waals surface area contributed by atoms with Gasteiger partial charge in [-0.1, -0.05) is 23.9 Å². The number of carbonyl (C=O) groups excluding carboxylic acids is 1. The number of esters is 1. The first kappa shape index (κ1) is 17.5. The normalized spacial score (nSPS) is 12.9. The molecule has 4 rings (SSSR count). The second-order valence-electron chi connectivity index (χ2n) is 6.04. The van der Waals surface area contributed by atoms with Gasteiger partial charge in [-0.25, -0.2) is 9.18 Å². The average molecular weight is 384 g/mol. The lowest BCUT2D eigenvalue weighted by Gasteiger charge is -2.14. The SMILES string of the molecule is COC(=O)c1ccc(CSc2nnc3n2CCN3c2ccc(F)cc2)cc1. The summed E-state index contributed by atoms with van der Waals surface area (Å²) in [5, 5.41) is 9.43. The lowest BCUT2D eigenvalue weighted by atomic mass is 10.1. The molecular formula is C19H17FN4O2S. The predicted molar refractivity (Wildman–Crippen MR) is 101 cm³/mol. The minimum absolute atomic E-state index is 0.256. The minimum atomic E-state index is -0.342. The monoisotopic (exact) mass is 384 g/mol. The number of rotatable bonds is 5. The molecule has 1 aliphatic rings. The van der Waals surface area contributed by atoms with Gasteiger partial charge < -0.3 is 9.64 Å². The maximum atomic E-state index is 13.1. The highest BCUT2D eigenvalue weighted by Gasteiger charge is 2.26. The number of benzene rings is 2. The first-order valence-corrected chi connectivity index (χ1v) is 9.40. The van der Waals surface area contributed by atoms with E-state index in [0.29, 0.717) is 5.56 Å². The van der Waals surface area contributed by atoms with Gasteiger partial charge >= 0.3 is 5.97 Å². The van der Waals surface area contributed by atoms with E-state index in [9.17, 15) is 9.18 Å². The fourth-order valence-corrected chi connectivity index (χ4v) is 3.87. The van der Waals surface area contributed by atoms with E-state index >= 15 is 0 Å². The topological polar surface area (TPSA) is 60.2 Å². The Balaban J connectivity index is 1.45. The molecule has 0 amide bonds. The second kappa shape index (κ2) is 7.40. The summed E-state index contributed by atoms with van der Waals surface area (Å²) in [7, 11) is 1.37. The second-order valence-corrected chi connectivity index (χ2v) is 6.98. The lowest BCUT2D eigenvalue weighted by Crippen LogP contribution is -2.14. The van der Waals surface area contributed by atoms with Crippen molar-refractivity contribution < 1.29 is 13.9 Å². The number of aromatic nitrogens is 3. The molecule has 0 bridgehead atoms. The number of ether oxygens (including phenoxy) is 1. The van der Waals surface area contributed by atoms with Crippen molar-refractivity contribution in [1.29, 1.82) is 0 Å². The molecule has 2 heterocycles. The van der Waals surface area contributed by atoms with Crippen LogP contribution in [0.5, 0.6) is 0 Å². The number of thioether (sulfide) groups is 1. The molecule has 0 spiro atoms. The van der Waals surface area contributed by atoms with E-state index in [4.69, 9.17) is 4.74 Å². The van der Waals surface area contributed by atoms with Crippen molar-refractivity contribution in [3.05, 3.63) is 65.5 Å². The molecule has 1 aromatic heterocycles. The quantitative estimate of drug-likeness (QED) is 0.494. The van der Waals surface area contributed by atoms with Crippen LogP contribution in [0.15, 0.2) is 53.7 Å². The van der Waals surface area contributed by atoms with E-state index < -0.39 is 0 Å². The molecule has 2 aromatic carbocycles. The molecule has 0 N–H and O–H groups in total. The summed E-state index contributed by atoms with van der Waals surface area (Å²) in [6.45, 7) is 1.56. The third-order valence-electron chi connectivity index (χ3n) is 4.37. The summed E-state index contributed by atoms with van der Waals surface area (Å²) >= 11 is 1.59. The average Bonchev–Trinajstić information content (AvgIpc) is 3.29. The largest absolute Gasteiger partial charge is 0.465 e. The van der Waals surface area contributed by atoms with Crippen molar-refractivity contribution in [2.24, 2.45) is 0 Å². The molecule has 0 unspecified atom stereocenters. The number of halogens is 1. The molecule has 0 atom stereocenters. The molecule has 3 aromatic rings. The van der Waals surface area contributed by atoms with Gasteiger partial charge in [0.2, 0.25) is 5.95 Å². The summed E-state index contributed by atoms with van der Waals surface area (Å²) < 4.78 is 19.9. The van der Waals surface area contributed by atoms with E-state index in [-0.39, 0.29) is 11.8 Å².